The minimum absolute atomic E-state index is 0.0227. The summed E-state index contributed by atoms with van der Waals surface area (Å²) in [6, 6.07) is 7.18. The Morgan fingerprint density at radius 3 is 2.67 bits per heavy atom. The Hall–Kier alpha value is -2.70. The molecule has 0 radical (unpaired) electrons. The Kier molecular flexibility index (Phi) is 4.59. The summed E-state index contributed by atoms with van der Waals surface area (Å²) in [5, 5.41) is 8.05. The predicted octanol–water partition coefficient (Wildman–Crippen LogP) is 0.381. The van der Waals surface area contributed by atoms with Gasteiger partial charge in [0.1, 0.15) is 6.54 Å². The number of nitrogens with one attached hydrogen (secondary N) is 1. The topological polar surface area (TPSA) is 84.3 Å². The van der Waals surface area contributed by atoms with Gasteiger partial charge in [-0.25, -0.2) is 4.68 Å². The Bertz CT molecular complexity index is 822. The van der Waals surface area contributed by atoms with E-state index in [0.717, 1.165) is 5.39 Å². The smallest absolute Gasteiger partial charge is 0.275 e. The van der Waals surface area contributed by atoms with Crippen molar-refractivity contribution in [2.24, 2.45) is 5.92 Å². The predicted molar refractivity (Wildman–Crippen MR) is 89.4 cm³/mol. The fourth-order valence-corrected chi connectivity index (χ4v) is 3.06. The molecule has 126 valence electrons. The molecule has 1 N–H and O–H groups in total. The number of hydrogen-bond donors (Lipinski definition) is 1. The van der Waals surface area contributed by atoms with Gasteiger partial charge in [0.2, 0.25) is 11.8 Å². The fourth-order valence-electron chi connectivity index (χ4n) is 3.06. The van der Waals surface area contributed by atoms with Crippen LogP contribution in [0.15, 0.2) is 35.3 Å². The van der Waals surface area contributed by atoms with E-state index in [4.69, 9.17) is 0 Å². The number of carbonyl (C=O) groups excluding carboxylic acids is 2. The summed E-state index contributed by atoms with van der Waals surface area (Å²) >= 11 is 0. The standard InChI is InChI=1S/C17H20N4O3/c1-18-16(23)12-6-8-20(9-7-12)15(22)11-21-17(24)14-5-3-2-4-13(14)10-19-21/h2-5,10,12H,6-9,11H2,1H3,(H,18,23). The zero-order valence-electron chi connectivity index (χ0n) is 13.6. The maximum absolute atomic E-state index is 12.4. The van der Waals surface area contributed by atoms with E-state index in [2.05, 4.69) is 10.4 Å². The molecule has 3 rings (SSSR count). The van der Waals surface area contributed by atoms with E-state index in [1.807, 2.05) is 12.1 Å². The zero-order chi connectivity index (χ0) is 17.1. The van der Waals surface area contributed by atoms with Gasteiger partial charge in [0, 0.05) is 31.4 Å². The number of hydrogen-bond acceptors (Lipinski definition) is 4. The molecule has 7 heteroatoms. The Morgan fingerprint density at radius 2 is 1.96 bits per heavy atom. The normalized spacial score (nSPS) is 15.5. The van der Waals surface area contributed by atoms with Gasteiger partial charge in [0.05, 0.1) is 11.6 Å². The molecule has 0 atom stereocenters. The quantitative estimate of drug-likeness (QED) is 0.883. The van der Waals surface area contributed by atoms with E-state index in [-0.39, 0.29) is 29.8 Å². The van der Waals surface area contributed by atoms with E-state index >= 15 is 0 Å². The van der Waals surface area contributed by atoms with Crippen molar-refractivity contribution in [3.8, 4) is 0 Å². The minimum atomic E-state index is -0.262. The van der Waals surface area contributed by atoms with Gasteiger partial charge in [-0.05, 0) is 18.9 Å². The number of amides is 2. The average Bonchev–Trinajstić information content (AvgIpc) is 2.63. The molecule has 1 saturated heterocycles. The van der Waals surface area contributed by atoms with Crippen molar-refractivity contribution in [1.82, 2.24) is 20.0 Å². The van der Waals surface area contributed by atoms with Crippen LogP contribution in [0.1, 0.15) is 12.8 Å². The molecule has 0 bridgehead atoms. The molecule has 1 fully saturated rings. The molecule has 0 aliphatic carbocycles. The van der Waals surface area contributed by atoms with Crippen LogP contribution in [0.2, 0.25) is 0 Å². The summed E-state index contributed by atoms with van der Waals surface area (Å²) in [6.45, 7) is 0.979. The van der Waals surface area contributed by atoms with Crippen molar-refractivity contribution >= 4 is 22.6 Å². The SMILES string of the molecule is CNC(=O)C1CCN(C(=O)Cn2ncc3ccccc3c2=O)CC1. The molecule has 1 aliphatic rings. The summed E-state index contributed by atoms with van der Waals surface area (Å²) in [5.74, 6) is -0.162. The highest BCUT2D eigenvalue weighted by atomic mass is 16.2. The number of rotatable bonds is 3. The van der Waals surface area contributed by atoms with Crippen LogP contribution in [0.5, 0.6) is 0 Å². The molecule has 0 unspecified atom stereocenters. The molecular formula is C17H20N4O3. The largest absolute Gasteiger partial charge is 0.359 e. The summed E-state index contributed by atoms with van der Waals surface area (Å²) < 4.78 is 1.20. The lowest BCUT2D eigenvalue weighted by atomic mass is 9.96. The van der Waals surface area contributed by atoms with Gasteiger partial charge >= 0.3 is 0 Å². The molecule has 2 amide bonds. The van der Waals surface area contributed by atoms with Crippen molar-refractivity contribution in [2.45, 2.75) is 19.4 Å². The molecule has 2 aromatic rings. The first-order valence-corrected chi connectivity index (χ1v) is 8.04. The molecule has 7 nitrogen and oxygen atoms in total. The van der Waals surface area contributed by atoms with Crippen molar-refractivity contribution in [2.75, 3.05) is 20.1 Å². The van der Waals surface area contributed by atoms with E-state index in [9.17, 15) is 14.4 Å². The molecular weight excluding hydrogens is 308 g/mol. The lowest BCUT2D eigenvalue weighted by Gasteiger charge is -2.31. The second-order valence-electron chi connectivity index (χ2n) is 5.96. The maximum atomic E-state index is 12.4. The summed E-state index contributed by atoms with van der Waals surface area (Å²) in [6.07, 6.45) is 2.89. The Balaban J connectivity index is 1.69. The zero-order valence-corrected chi connectivity index (χ0v) is 13.6. The van der Waals surface area contributed by atoms with Crippen LogP contribution in [-0.4, -0.2) is 46.6 Å². The number of nitrogens with zero attached hydrogens (tertiary/aromatic N) is 3. The molecule has 24 heavy (non-hydrogen) atoms. The number of piperidine rings is 1. The Labute approximate surface area is 139 Å². The van der Waals surface area contributed by atoms with Gasteiger partial charge in [-0.2, -0.15) is 5.10 Å². The van der Waals surface area contributed by atoms with Crippen LogP contribution in [-0.2, 0) is 16.1 Å². The van der Waals surface area contributed by atoms with E-state index in [1.54, 1.807) is 30.3 Å². The van der Waals surface area contributed by atoms with E-state index in [0.29, 0.717) is 31.3 Å². The van der Waals surface area contributed by atoms with Crippen LogP contribution >= 0.6 is 0 Å². The summed E-state index contributed by atoms with van der Waals surface area (Å²) in [5.41, 5.74) is -0.262. The van der Waals surface area contributed by atoms with Crippen molar-refractivity contribution in [1.29, 1.82) is 0 Å². The van der Waals surface area contributed by atoms with E-state index in [1.165, 1.54) is 4.68 Å². The third kappa shape index (κ3) is 3.15. The summed E-state index contributed by atoms with van der Waals surface area (Å²) in [4.78, 5) is 38.2. The molecule has 1 aromatic heterocycles. The minimum Gasteiger partial charge on any atom is -0.359 e. The second kappa shape index (κ2) is 6.82. The fraction of sp³-hybridized carbons (Fsp3) is 0.412. The monoisotopic (exact) mass is 328 g/mol. The number of carbonyl (C=O) groups is 2. The number of benzene rings is 1. The van der Waals surface area contributed by atoms with Crippen LogP contribution in [0.4, 0.5) is 0 Å². The number of aromatic nitrogens is 2. The van der Waals surface area contributed by atoms with Crippen LogP contribution < -0.4 is 10.9 Å². The first-order valence-electron chi connectivity index (χ1n) is 8.04. The molecule has 1 aliphatic heterocycles. The molecule has 0 spiro atoms. The van der Waals surface area contributed by atoms with Gasteiger partial charge < -0.3 is 10.2 Å². The average molecular weight is 328 g/mol. The number of likely N-dealkylation sites (tertiary alicyclic amines) is 1. The van der Waals surface area contributed by atoms with Gasteiger partial charge in [0.15, 0.2) is 0 Å². The highest BCUT2D eigenvalue weighted by Crippen LogP contribution is 2.17. The van der Waals surface area contributed by atoms with Crippen LogP contribution in [0, 0.1) is 5.92 Å². The molecule has 0 saturated carbocycles. The van der Waals surface area contributed by atoms with Crippen LogP contribution in [0.3, 0.4) is 0 Å². The second-order valence-corrected chi connectivity index (χ2v) is 5.96. The van der Waals surface area contributed by atoms with E-state index < -0.39 is 0 Å². The third-order valence-corrected chi connectivity index (χ3v) is 4.51. The van der Waals surface area contributed by atoms with Crippen molar-refractivity contribution < 1.29 is 9.59 Å². The number of fused-ring (bicyclic) bond motifs is 1. The maximum Gasteiger partial charge on any atom is 0.275 e. The van der Waals surface area contributed by atoms with Crippen molar-refractivity contribution in [3.63, 3.8) is 0 Å². The highest BCUT2D eigenvalue weighted by molar-refractivity contribution is 5.81. The first-order chi connectivity index (χ1) is 11.6. The highest BCUT2D eigenvalue weighted by Gasteiger charge is 2.27. The first kappa shape index (κ1) is 16.2. The van der Waals surface area contributed by atoms with Crippen molar-refractivity contribution in [3.05, 3.63) is 40.8 Å². The van der Waals surface area contributed by atoms with Gasteiger partial charge in [-0.15, -0.1) is 0 Å². The van der Waals surface area contributed by atoms with Crippen LogP contribution in [0.25, 0.3) is 10.8 Å². The molecule has 2 heterocycles. The van der Waals surface area contributed by atoms with Gasteiger partial charge in [0.25, 0.3) is 5.56 Å². The van der Waals surface area contributed by atoms with Gasteiger partial charge in [-0.3, -0.25) is 14.4 Å². The summed E-state index contributed by atoms with van der Waals surface area (Å²) in [7, 11) is 1.62. The lowest BCUT2D eigenvalue weighted by Crippen LogP contribution is -2.44. The Morgan fingerprint density at radius 1 is 1.25 bits per heavy atom. The lowest BCUT2D eigenvalue weighted by molar-refractivity contribution is -0.136. The third-order valence-electron chi connectivity index (χ3n) is 4.51. The molecule has 1 aromatic carbocycles. The van der Waals surface area contributed by atoms with Gasteiger partial charge in [-0.1, -0.05) is 18.2 Å².